The van der Waals surface area contributed by atoms with E-state index in [1.807, 2.05) is 42.3 Å². The third kappa shape index (κ3) is 4.42. The smallest absolute Gasteiger partial charge is 0.312 e. The van der Waals surface area contributed by atoms with Crippen molar-refractivity contribution < 1.29 is 14.7 Å². The molecule has 8 nitrogen and oxygen atoms in total. The van der Waals surface area contributed by atoms with Crippen molar-refractivity contribution in [3.8, 4) is 5.69 Å². The highest BCUT2D eigenvalue weighted by atomic mass is 32.1. The molecule has 9 heteroatoms. The van der Waals surface area contributed by atoms with Gasteiger partial charge in [0.2, 0.25) is 0 Å². The Bertz CT molecular complexity index is 1170. The van der Waals surface area contributed by atoms with Gasteiger partial charge in [-0.15, -0.1) is 0 Å². The molecule has 0 saturated heterocycles. The summed E-state index contributed by atoms with van der Waals surface area (Å²) in [5.74, 6) is -1.29. The van der Waals surface area contributed by atoms with E-state index in [-0.39, 0.29) is 5.78 Å². The van der Waals surface area contributed by atoms with Crippen molar-refractivity contribution in [1.82, 2.24) is 20.1 Å². The normalized spacial score (nSPS) is 15.3. The number of aromatic nitrogens is 3. The molecule has 0 bridgehead atoms. The van der Waals surface area contributed by atoms with Gasteiger partial charge in [0, 0.05) is 50.0 Å². The molecule has 1 aliphatic heterocycles. The van der Waals surface area contributed by atoms with E-state index in [4.69, 9.17) is 12.2 Å². The highest BCUT2D eigenvalue weighted by Crippen LogP contribution is 2.28. The Hall–Kier alpha value is -3.30. The molecule has 1 unspecified atom stereocenters. The van der Waals surface area contributed by atoms with Crippen molar-refractivity contribution in [3.63, 3.8) is 0 Å². The van der Waals surface area contributed by atoms with Crippen LogP contribution in [-0.2, 0) is 11.3 Å². The predicted molar refractivity (Wildman–Crippen MR) is 119 cm³/mol. The lowest BCUT2D eigenvalue weighted by molar-refractivity contribution is -0.138. The Morgan fingerprint density at radius 3 is 2.71 bits per heavy atom. The van der Waals surface area contributed by atoms with Gasteiger partial charge in [-0.2, -0.15) is 5.10 Å². The lowest BCUT2D eigenvalue weighted by Gasteiger charge is -2.26. The lowest BCUT2D eigenvalue weighted by atomic mass is 9.90. The number of Topliss-reactive ketones (excluding diaryl/α,β-unsaturated/α-hetero) is 1. The first-order valence-corrected chi connectivity index (χ1v) is 10.4. The second-order valence-electron chi connectivity index (χ2n) is 7.58. The van der Waals surface area contributed by atoms with Crippen LogP contribution in [0.25, 0.3) is 5.69 Å². The molecule has 2 aromatic carbocycles. The highest BCUT2D eigenvalue weighted by molar-refractivity contribution is 7.71. The van der Waals surface area contributed by atoms with Crippen LogP contribution in [0.3, 0.4) is 0 Å². The van der Waals surface area contributed by atoms with Crippen LogP contribution in [-0.4, -0.2) is 51.8 Å². The zero-order valence-corrected chi connectivity index (χ0v) is 17.9. The van der Waals surface area contributed by atoms with Crippen LogP contribution in [0.5, 0.6) is 0 Å². The summed E-state index contributed by atoms with van der Waals surface area (Å²) in [5, 5.41) is 19.2. The molecule has 1 atom stereocenters. The van der Waals surface area contributed by atoms with Crippen molar-refractivity contribution in [2.24, 2.45) is 0 Å². The number of nitrogens with one attached hydrogen (secondary N) is 2. The largest absolute Gasteiger partial charge is 0.481 e. The van der Waals surface area contributed by atoms with Gasteiger partial charge in [-0.05, 0) is 59.7 Å². The molecular formula is C22H23N5O3S. The Morgan fingerprint density at radius 2 is 2.03 bits per heavy atom. The van der Waals surface area contributed by atoms with Gasteiger partial charge in [0.15, 0.2) is 10.6 Å². The standard InChI is InChI=1S/C22H23N5O3S/c1-26(17-6-7-18-15(10-17)11-23-12-19(18)21(29)30)9-8-20(28)14-2-4-16(5-3-14)27-13-24-25-22(27)31/h2-7,10,13,19,23H,8-9,11-12H2,1H3,(H,25,31)(H,29,30). The van der Waals surface area contributed by atoms with Gasteiger partial charge in [0.1, 0.15) is 6.33 Å². The van der Waals surface area contributed by atoms with Crippen molar-refractivity contribution >= 4 is 29.7 Å². The first-order chi connectivity index (χ1) is 14.9. The van der Waals surface area contributed by atoms with Crippen molar-refractivity contribution in [1.29, 1.82) is 0 Å². The fourth-order valence-electron chi connectivity index (χ4n) is 3.79. The van der Waals surface area contributed by atoms with E-state index in [0.29, 0.717) is 36.4 Å². The molecule has 0 fully saturated rings. The fourth-order valence-corrected chi connectivity index (χ4v) is 3.99. The van der Waals surface area contributed by atoms with E-state index < -0.39 is 11.9 Å². The second kappa shape index (κ2) is 8.83. The van der Waals surface area contributed by atoms with E-state index in [1.54, 1.807) is 23.0 Å². The number of benzene rings is 2. The van der Waals surface area contributed by atoms with Crippen LogP contribution in [0.4, 0.5) is 5.69 Å². The molecule has 3 aromatic rings. The van der Waals surface area contributed by atoms with Crippen LogP contribution in [0.1, 0.15) is 33.8 Å². The lowest BCUT2D eigenvalue weighted by Crippen LogP contribution is -2.33. The summed E-state index contributed by atoms with van der Waals surface area (Å²) in [7, 11) is 1.93. The Labute approximate surface area is 184 Å². The Balaban J connectivity index is 1.40. The average molecular weight is 438 g/mol. The summed E-state index contributed by atoms with van der Waals surface area (Å²) in [4.78, 5) is 26.1. The number of carboxylic acids is 1. The maximum atomic E-state index is 12.6. The monoisotopic (exact) mass is 437 g/mol. The number of aliphatic carboxylic acids is 1. The number of fused-ring (bicyclic) bond motifs is 1. The van der Waals surface area contributed by atoms with Crippen LogP contribution >= 0.6 is 12.2 Å². The molecule has 0 radical (unpaired) electrons. The number of carbonyl (C=O) groups excluding carboxylic acids is 1. The quantitative estimate of drug-likeness (QED) is 0.386. The van der Waals surface area contributed by atoms with E-state index in [0.717, 1.165) is 22.5 Å². The van der Waals surface area contributed by atoms with Gasteiger partial charge in [-0.1, -0.05) is 6.07 Å². The molecule has 31 heavy (non-hydrogen) atoms. The van der Waals surface area contributed by atoms with Crippen molar-refractivity contribution in [2.45, 2.75) is 18.9 Å². The van der Waals surface area contributed by atoms with Crippen molar-refractivity contribution in [3.05, 3.63) is 70.3 Å². The Morgan fingerprint density at radius 1 is 1.26 bits per heavy atom. The van der Waals surface area contributed by atoms with E-state index in [1.165, 1.54) is 0 Å². The molecule has 0 amide bonds. The topological polar surface area (TPSA) is 103 Å². The fraction of sp³-hybridized carbons (Fsp3) is 0.273. The number of carboxylic acid groups (broad SMARTS) is 1. The molecule has 160 valence electrons. The maximum Gasteiger partial charge on any atom is 0.312 e. The number of hydrogen-bond donors (Lipinski definition) is 3. The van der Waals surface area contributed by atoms with Gasteiger partial charge < -0.3 is 15.3 Å². The van der Waals surface area contributed by atoms with Crippen LogP contribution in [0.2, 0.25) is 0 Å². The molecule has 1 aliphatic rings. The van der Waals surface area contributed by atoms with Crippen LogP contribution in [0, 0.1) is 4.77 Å². The maximum absolute atomic E-state index is 12.6. The van der Waals surface area contributed by atoms with Gasteiger partial charge >= 0.3 is 5.97 Å². The molecular weight excluding hydrogens is 414 g/mol. The Kier molecular flexibility index (Phi) is 5.97. The number of hydrogen-bond acceptors (Lipinski definition) is 6. The first kappa shape index (κ1) is 21.0. The molecule has 3 N–H and O–H groups in total. The number of anilines is 1. The van der Waals surface area contributed by atoms with Gasteiger partial charge in [0.25, 0.3) is 0 Å². The molecule has 1 aromatic heterocycles. The third-order valence-corrected chi connectivity index (χ3v) is 5.89. The van der Waals surface area contributed by atoms with Crippen LogP contribution < -0.4 is 10.2 Å². The predicted octanol–water partition coefficient (Wildman–Crippen LogP) is 2.91. The summed E-state index contributed by atoms with van der Waals surface area (Å²) in [6.07, 6.45) is 1.97. The van der Waals surface area contributed by atoms with Crippen LogP contribution in [0.15, 0.2) is 48.8 Å². The second-order valence-corrected chi connectivity index (χ2v) is 7.96. The van der Waals surface area contributed by atoms with Crippen molar-refractivity contribution in [2.75, 3.05) is 25.0 Å². The summed E-state index contributed by atoms with van der Waals surface area (Å²) < 4.78 is 2.23. The van der Waals surface area contributed by atoms with Gasteiger partial charge in [-0.25, -0.2) is 0 Å². The minimum atomic E-state index is -0.818. The highest BCUT2D eigenvalue weighted by Gasteiger charge is 2.26. The number of rotatable bonds is 7. The first-order valence-electron chi connectivity index (χ1n) is 9.97. The minimum absolute atomic E-state index is 0.0553. The number of ketones is 1. The number of nitrogens with zero attached hydrogens (tertiary/aromatic N) is 3. The van der Waals surface area contributed by atoms with E-state index in [2.05, 4.69) is 15.5 Å². The third-order valence-electron chi connectivity index (χ3n) is 5.60. The molecule has 2 heterocycles. The summed E-state index contributed by atoms with van der Waals surface area (Å²) in [6.45, 7) is 1.65. The summed E-state index contributed by atoms with van der Waals surface area (Å²) in [6, 6.07) is 13.1. The van der Waals surface area contributed by atoms with Gasteiger partial charge in [-0.3, -0.25) is 19.3 Å². The zero-order chi connectivity index (χ0) is 22.0. The molecule has 0 aliphatic carbocycles. The van der Waals surface area contributed by atoms with Gasteiger partial charge in [0.05, 0.1) is 5.92 Å². The number of aromatic amines is 1. The summed E-state index contributed by atoms with van der Waals surface area (Å²) >= 11 is 5.16. The SMILES string of the molecule is CN(CCC(=O)c1ccc(-n2cn[nH]c2=S)cc1)c1ccc2c(c1)CNCC2C(=O)O. The number of H-pyrrole nitrogens is 1. The summed E-state index contributed by atoms with van der Waals surface area (Å²) in [5.41, 5.74) is 4.30. The number of carbonyl (C=O) groups is 2. The zero-order valence-electron chi connectivity index (χ0n) is 17.0. The average Bonchev–Trinajstić information content (AvgIpc) is 3.22. The van der Waals surface area contributed by atoms with E-state index in [9.17, 15) is 14.7 Å². The molecule has 0 spiro atoms. The molecule has 4 rings (SSSR count). The van der Waals surface area contributed by atoms with E-state index >= 15 is 0 Å². The minimum Gasteiger partial charge on any atom is -0.481 e. The molecule has 0 saturated carbocycles.